The number of rotatable bonds is 6. The third-order valence-electron chi connectivity index (χ3n) is 4.04. The van der Waals surface area contributed by atoms with Crippen molar-refractivity contribution < 1.29 is 9.53 Å². The molecule has 6 nitrogen and oxygen atoms in total. The lowest BCUT2D eigenvalue weighted by atomic mass is 10.2. The molecule has 0 bridgehead atoms. The van der Waals surface area contributed by atoms with Crippen LogP contribution < -0.4 is 15.4 Å². The smallest absolute Gasteiger partial charge is 0.315 e. The summed E-state index contributed by atoms with van der Waals surface area (Å²) in [5, 5.41) is 5.62. The summed E-state index contributed by atoms with van der Waals surface area (Å²) in [6, 6.07) is 7.32. The maximum absolute atomic E-state index is 11.8. The summed E-state index contributed by atoms with van der Waals surface area (Å²) in [6.45, 7) is 0.902. The predicted octanol–water partition coefficient (Wildman–Crippen LogP) is 2.80. The van der Waals surface area contributed by atoms with Gasteiger partial charge in [0.25, 0.3) is 0 Å². The summed E-state index contributed by atoms with van der Waals surface area (Å²) in [6.07, 6.45) is 10.2. The molecule has 6 heteroatoms. The highest BCUT2D eigenvalue weighted by Gasteiger charge is 2.16. The van der Waals surface area contributed by atoms with Gasteiger partial charge in [0.05, 0.1) is 0 Å². The number of nitrogens with zero attached hydrogens (tertiary/aromatic N) is 2. The average Bonchev–Trinajstić information content (AvgIpc) is 3.13. The van der Waals surface area contributed by atoms with Crippen molar-refractivity contribution in [1.29, 1.82) is 0 Å². The maximum atomic E-state index is 11.8. The fourth-order valence-electron chi connectivity index (χ4n) is 2.69. The average molecular weight is 326 g/mol. The Labute approximate surface area is 141 Å². The molecule has 1 fully saturated rings. The van der Waals surface area contributed by atoms with Crippen LogP contribution in [0.25, 0.3) is 0 Å². The van der Waals surface area contributed by atoms with Gasteiger partial charge in [0, 0.05) is 37.7 Å². The van der Waals surface area contributed by atoms with Crippen molar-refractivity contribution in [3.8, 4) is 5.88 Å². The van der Waals surface area contributed by atoms with E-state index in [1.807, 2.05) is 24.3 Å². The Bertz CT molecular complexity index is 640. The lowest BCUT2D eigenvalue weighted by Gasteiger charge is -2.12. The van der Waals surface area contributed by atoms with Crippen LogP contribution in [0.2, 0.25) is 0 Å². The van der Waals surface area contributed by atoms with E-state index >= 15 is 0 Å². The molecule has 126 valence electrons. The molecule has 1 aliphatic rings. The van der Waals surface area contributed by atoms with Crippen molar-refractivity contribution in [1.82, 2.24) is 20.6 Å². The Morgan fingerprint density at radius 2 is 1.75 bits per heavy atom. The molecule has 0 unspecified atom stereocenters. The minimum Gasteiger partial charge on any atom is -0.474 e. The highest BCUT2D eigenvalue weighted by atomic mass is 16.5. The van der Waals surface area contributed by atoms with Crippen molar-refractivity contribution in [2.45, 2.75) is 44.9 Å². The Balaban J connectivity index is 1.40. The van der Waals surface area contributed by atoms with E-state index in [0.29, 0.717) is 25.1 Å². The highest BCUT2D eigenvalue weighted by molar-refractivity contribution is 5.73. The summed E-state index contributed by atoms with van der Waals surface area (Å²) in [4.78, 5) is 20.1. The Kier molecular flexibility index (Phi) is 5.61. The standard InChI is InChI=1S/C18H22N4O2/c23-18(21-11-14-7-9-19-10-8-14)22-13-15-5-6-17(20-12-15)24-16-3-1-2-4-16/h5-10,12,16H,1-4,11,13H2,(H2,21,22,23). The minimum atomic E-state index is -0.210. The summed E-state index contributed by atoms with van der Waals surface area (Å²) in [5.74, 6) is 0.660. The van der Waals surface area contributed by atoms with Crippen LogP contribution in [0, 0.1) is 0 Å². The van der Waals surface area contributed by atoms with E-state index in [1.54, 1.807) is 18.6 Å². The third-order valence-corrected chi connectivity index (χ3v) is 4.04. The van der Waals surface area contributed by atoms with Gasteiger partial charge in [-0.05, 0) is 48.9 Å². The lowest BCUT2D eigenvalue weighted by molar-refractivity contribution is 0.201. The van der Waals surface area contributed by atoms with Crippen molar-refractivity contribution >= 4 is 6.03 Å². The van der Waals surface area contributed by atoms with Crippen molar-refractivity contribution in [3.63, 3.8) is 0 Å². The third kappa shape index (κ3) is 4.94. The molecule has 2 amide bonds. The molecule has 24 heavy (non-hydrogen) atoms. The van der Waals surface area contributed by atoms with Crippen LogP contribution in [0.15, 0.2) is 42.9 Å². The van der Waals surface area contributed by atoms with Crippen LogP contribution in [-0.2, 0) is 13.1 Å². The van der Waals surface area contributed by atoms with Gasteiger partial charge in [-0.15, -0.1) is 0 Å². The number of nitrogens with one attached hydrogen (secondary N) is 2. The highest BCUT2D eigenvalue weighted by Crippen LogP contribution is 2.22. The van der Waals surface area contributed by atoms with Crippen LogP contribution in [0.1, 0.15) is 36.8 Å². The van der Waals surface area contributed by atoms with Gasteiger partial charge in [-0.2, -0.15) is 0 Å². The number of ether oxygens (including phenoxy) is 1. The van der Waals surface area contributed by atoms with E-state index in [0.717, 1.165) is 24.0 Å². The molecule has 2 aromatic heterocycles. The molecule has 0 saturated heterocycles. The molecule has 0 atom stereocenters. The topological polar surface area (TPSA) is 76.1 Å². The Morgan fingerprint density at radius 1 is 1.04 bits per heavy atom. The van der Waals surface area contributed by atoms with E-state index in [4.69, 9.17) is 4.74 Å². The second-order valence-corrected chi connectivity index (χ2v) is 5.92. The van der Waals surface area contributed by atoms with E-state index in [-0.39, 0.29) is 6.03 Å². The number of pyridine rings is 2. The summed E-state index contributed by atoms with van der Waals surface area (Å²) in [7, 11) is 0. The predicted molar refractivity (Wildman–Crippen MR) is 90.4 cm³/mol. The molecule has 0 spiro atoms. The first kappa shape index (κ1) is 16.2. The number of aromatic nitrogens is 2. The van der Waals surface area contributed by atoms with E-state index in [1.165, 1.54) is 12.8 Å². The summed E-state index contributed by atoms with van der Waals surface area (Å²) < 4.78 is 5.83. The van der Waals surface area contributed by atoms with Gasteiger partial charge in [-0.3, -0.25) is 4.98 Å². The fraction of sp³-hybridized carbons (Fsp3) is 0.389. The first-order valence-corrected chi connectivity index (χ1v) is 8.32. The largest absolute Gasteiger partial charge is 0.474 e. The number of carbonyl (C=O) groups excluding carboxylic acids is 1. The Morgan fingerprint density at radius 3 is 2.42 bits per heavy atom. The normalized spacial score (nSPS) is 14.3. The number of amides is 2. The number of hydrogen-bond acceptors (Lipinski definition) is 4. The molecular weight excluding hydrogens is 304 g/mol. The molecule has 1 aliphatic carbocycles. The van der Waals surface area contributed by atoms with Crippen LogP contribution in [0.5, 0.6) is 5.88 Å². The van der Waals surface area contributed by atoms with Crippen LogP contribution in [-0.4, -0.2) is 22.1 Å². The maximum Gasteiger partial charge on any atom is 0.315 e. The first-order chi connectivity index (χ1) is 11.8. The molecule has 3 rings (SSSR count). The zero-order chi connectivity index (χ0) is 16.6. The second kappa shape index (κ2) is 8.29. The fourth-order valence-corrected chi connectivity index (χ4v) is 2.69. The monoisotopic (exact) mass is 326 g/mol. The SMILES string of the molecule is O=C(NCc1ccncc1)NCc1ccc(OC2CCCC2)nc1. The zero-order valence-electron chi connectivity index (χ0n) is 13.6. The first-order valence-electron chi connectivity index (χ1n) is 8.32. The molecule has 0 aromatic carbocycles. The van der Waals surface area contributed by atoms with Crippen LogP contribution in [0.4, 0.5) is 4.79 Å². The summed E-state index contributed by atoms with van der Waals surface area (Å²) in [5.41, 5.74) is 1.95. The van der Waals surface area contributed by atoms with Crippen molar-refractivity contribution in [2.75, 3.05) is 0 Å². The van der Waals surface area contributed by atoms with Crippen molar-refractivity contribution in [3.05, 3.63) is 54.0 Å². The molecule has 0 aliphatic heterocycles. The van der Waals surface area contributed by atoms with Gasteiger partial charge in [0.1, 0.15) is 6.10 Å². The number of urea groups is 1. The second-order valence-electron chi connectivity index (χ2n) is 5.92. The molecule has 0 radical (unpaired) electrons. The number of carbonyl (C=O) groups is 1. The van der Waals surface area contributed by atoms with Gasteiger partial charge in [-0.25, -0.2) is 9.78 Å². The zero-order valence-corrected chi connectivity index (χ0v) is 13.6. The van der Waals surface area contributed by atoms with Crippen molar-refractivity contribution in [2.24, 2.45) is 0 Å². The number of hydrogen-bond donors (Lipinski definition) is 2. The lowest BCUT2D eigenvalue weighted by Crippen LogP contribution is -2.34. The van der Waals surface area contributed by atoms with Crippen LogP contribution in [0.3, 0.4) is 0 Å². The van der Waals surface area contributed by atoms with Crippen LogP contribution >= 0.6 is 0 Å². The Hall–Kier alpha value is -2.63. The summed E-state index contributed by atoms with van der Waals surface area (Å²) >= 11 is 0. The van der Waals surface area contributed by atoms with E-state index < -0.39 is 0 Å². The van der Waals surface area contributed by atoms with E-state index in [2.05, 4.69) is 20.6 Å². The molecule has 2 aromatic rings. The minimum absolute atomic E-state index is 0.210. The molecule has 2 N–H and O–H groups in total. The molecule has 2 heterocycles. The van der Waals surface area contributed by atoms with Gasteiger partial charge in [0.2, 0.25) is 5.88 Å². The van der Waals surface area contributed by atoms with Gasteiger partial charge >= 0.3 is 6.03 Å². The molecular formula is C18H22N4O2. The van der Waals surface area contributed by atoms with Gasteiger partial charge in [-0.1, -0.05) is 6.07 Å². The van der Waals surface area contributed by atoms with E-state index in [9.17, 15) is 4.79 Å². The molecule has 1 saturated carbocycles. The van der Waals surface area contributed by atoms with Gasteiger partial charge < -0.3 is 15.4 Å². The van der Waals surface area contributed by atoms with Gasteiger partial charge in [0.15, 0.2) is 0 Å². The quantitative estimate of drug-likeness (QED) is 0.856.